The van der Waals surface area contributed by atoms with Crippen molar-refractivity contribution in [3.63, 3.8) is 0 Å². The van der Waals surface area contributed by atoms with Gasteiger partial charge >= 0.3 is 0 Å². The molecule has 4 aliphatic carbocycles. The van der Waals surface area contributed by atoms with Crippen molar-refractivity contribution in [2.45, 2.75) is 83.4 Å². The van der Waals surface area contributed by atoms with Crippen LogP contribution in [0.1, 0.15) is 65.2 Å². The maximum Gasteiger partial charge on any atom is 0.0543 e. The zero-order valence-corrected chi connectivity index (χ0v) is 16.1. The van der Waals surface area contributed by atoms with Crippen LogP contribution >= 0.6 is 0 Å². The SMILES string of the molecule is CNC1CC2CC(O)CC[C@]2(C)[C@@H]2CC[C@]3(C)C(NC)CC[C@H]3[C@H]12. The summed E-state index contributed by atoms with van der Waals surface area (Å²) in [6.07, 6.45) is 10.1. The molecule has 0 aromatic heterocycles. The van der Waals surface area contributed by atoms with Gasteiger partial charge in [-0.1, -0.05) is 13.8 Å². The number of aliphatic hydroxyl groups is 1. The lowest BCUT2D eigenvalue weighted by atomic mass is 9.44. The summed E-state index contributed by atoms with van der Waals surface area (Å²) < 4.78 is 0. The molecule has 0 heterocycles. The van der Waals surface area contributed by atoms with Crippen molar-refractivity contribution in [3.8, 4) is 0 Å². The quantitative estimate of drug-likeness (QED) is 0.727. The van der Waals surface area contributed by atoms with E-state index in [0.717, 1.165) is 30.6 Å². The summed E-state index contributed by atoms with van der Waals surface area (Å²) >= 11 is 0. The Morgan fingerprint density at radius 3 is 2.25 bits per heavy atom. The number of rotatable bonds is 2. The molecular weight excluding hydrogens is 296 g/mol. The zero-order valence-electron chi connectivity index (χ0n) is 16.1. The molecule has 138 valence electrons. The molecule has 3 heteroatoms. The van der Waals surface area contributed by atoms with Gasteiger partial charge in [-0.05, 0) is 100.0 Å². The first-order valence-electron chi connectivity index (χ1n) is 10.5. The van der Waals surface area contributed by atoms with Crippen molar-refractivity contribution >= 4 is 0 Å². The highest BCUT2D eigenvalue weighted by Crippen LogP contribution is 2.66. The van der Waals surface area contributed by atoms with Gasteiger partial charge in [0.25, 0.3) is 0 Å². The molecule has 0 saturated heterocycles. The number of fused-ring (bicyclic) bond motifs is 5. The second-order valence-corrected chi connectivity index (χ2v) is 10.0. The van der Waals surface area contributed by atoms with Gasteiger partial charge in [0.15, 0.2) is 0 Å². The van der Waals surface area contributed by atoms with Gasteiger partial charge in [-0.2, -0.15) is 0 Å². The van der Waals surface area contributed by atoms with Crippen LogP contribution in [0.15, 0.2) is 0 Å². The topological polar surface area (TPSA) is 44.3 Å². The molecule has 4 fully saturated rings. The van der Waals surface area contributed by atoms with Gasteiger partial charge in [0, 0.05) is 12.1 Å². The van der Waals surface area contributed by atoms with Crippen molar-refractivity contribution in [3.05, 3.63) is 0 Å². The molecule has 4 unspecified atom stereocenters. The van der Waals surface area contributed by atoms with Gasteiger partial charge in [0.2, 0.25) is 0 Å². The molecule has 0 radical (unpaired) electrons. The lowest BCUT2D eigenvalue weighted by Crippen LogP contribution is -2.61. The van der Waals surface area contributed by atoms with Crippen LogP contribution in [0.3, 0.4) is 0 Å². The van der Waals surface area contributed by atoms with Crippen LogP contribution in [0, 0.1) is 34.5 Å². The number of aliphatic hydroxyl groups excluding tert-OH is 1. The molecule has 3 nitrogen and oxygen atoms in total. The summed E-state index contributed by atoms with van der Waals surface area (Å²) in [5.41, 5.74) is 0.957. The maximum absolute atomic E-state index is 10.2. The average Bonchev–Trinajstić information content (AvgIpc) is 2.91. The van der Waals surface area contributed by atoms with Crippen LogP contribution in [-0.4, -0.2) is 37.4 Å². The Balaban J connectivity index is 1.68. The molecule has 0 aromatic rings. The van der Waals surface area contributed by atoms with Gasteiger partial charge in [0.1, 0.15) is 0 Å². The fourth-order valence-electron chi connectivity index (χ4n) is 8.02. The Morgan fingerprint density at radius 1 is 0.833 bits per heavy atom. The molecule has 9 atom stereocenters. The maximum atomic E-state index is 10.2. The lowest BCUT2D eigenvalue weighted by molar-refractivity contribution is -0.135. The predicted molar refractivity (Wildman–Crippen MR) is 98.8 cm³/mol. The van der Waals surface area contributed by atoms with Gasteiger partial charge in [-0.15, -0.1) is 0 Å². The van der Waals surface area contributed by atoms with E-state index in [9.17, 15) is 5.11 Å². The number of nitrogens with one attached hydrogen (secondary N) is 2. The third-order valence-corrected chi connectivity index (χ3v) is 9.41. The molecule has 0 spiro atoms. The number of hydrogen-bond donors (Lipinski definition) is 3. The van der Waals surface area contributed by atoms with Crippen molar-refractivity contribution in [1.29, 1.82) is 0 Å². The van der Waals surface area contributed by atoms with Gasteiger partial charge in [-0.3, -0.25) is 0 Å². The first kappa shape index (κ1) is 17.3. The highest BCUT2D eigenvalue weighted by atomic mass is 16.3. The third-order valence-electron chi connectivity index (χ3n) is 9.41. The fourth-order valence-corrected chi connectivity index (χ4v) is 8.02. The molecule has 0 aromatic carbocycles. The molecule has 4 rings (SSSR count). The third kappa shape index (κ3) is 2.27. The normalized spacial score (nSPS) is 57.1. The highest BCUT2D eigenvalue weighted by Gasteiger charge is 2.62. The second-order valence-electron chi connectivity index (χ2n) is 10.0. The standard InChI is InChI=1S/C21H38N2O/c1-20-9-7-14(24)11-13(20)12-17(22-3)19-15-5-6-18(23-4)21(15,2)10-8-16(19)20/h13-19,22-24H,5-12H2,1-4H3/t13?,14?,15-,16+,17?,18?,19-,20-,21-/m0/s1. The summed E-state index contributed by atoms with van der Waals surface area (Å²) in [4.78, 5) is 0. The molecule has 0 aliphatic heterocycles. The summed E-state index contributed by atoms with van der Waals surface area (Å²) in [6.45, 7) is 5.16. The Bertz CT molecular complexity index is 482. The van der Waals surface area contributed by atoms with Crippen LogP contribution in [0.5, 0.6) is 0 Å². The van der Waals surface area contributed by atoms with Crippen molar-refractivity contribution in [1.82, 2.24) is 10.6 Å². The van der Waals surface area contributed by atoms with Gasteiger partial charge < -0.3 is 15.7 Å². The van der Waals surface area contributed by atoms with Crippen LogP contribution in [-0.2, 0) is 0 Å². The summed E-state index contributed by atoms with van der Waals surface area (Å²) in [7, 11) is 4.35. The predicted octanol–water partition coefficient (Wildman–Crippen LogP) is 3.18. The largest absolute Gasteiger partial charge is 0.393 e. The zero-order chi connectivity index (χ0) is 17.1. The minimum absolute atomic E-state index is 0.0499. The van der Waals surface area contributed by atoms with Crippen LogP contribution in [0.2, 0.25) is 0 Å². The first-order valence-corrected chi connectivity index (χ1v) is 10.5. The fraction of sp³-hybridized carbons (Fsp3) is 1.00. The molecule has 24 heavy (non-hydrogen) atoms. The Morgan fingerprint density at radius 2 is 1.54 bits per heavy atom. The van der Waals surface area contributed by atoms with Gasteiger partial charge in [-0.25, -0.2) is 0 Å². The van der Waals surface area contributed by atoms with E-state index in [2.05, 4.69) is 38.6 Å². The van der Waals surface area contributed by atoms with E-state index in [4.69, 9.17) is 0 Å². The Labute approximate surface area is 148 Å². The van der Waals surface area contributed by atoms with Crippen molar-refractivity contribution in [2.24, 2.45) is 34.5 Å². The second kappa shape index (κ2) is 5.96. The summed E-state index contributed by atoms with van der Waals surface area (Å²) in [5, 5.41) is 17.6. The number of hydrogen-bond acceptors (Lipinski definition) is 3. The van der Waals surface area contributed by atoms with Crippen LogP contribution in [0.4, 0.5) is 0 Å². The van der Waals surface area contributed by atoms with Crippen molar-refractivity contribution < 1.29 is 5.11 Å². The molecule has 4 aliphatic rings. The molecule has 3 N–H and O–H groups in total. The van der Waals surface area contributed by atoms with Crippen LogP contribution in [0.25, 0.3) is 0 Å². The Hall–Kier alpha value is -0.120. The molecule has 0 bridgehead atoms. The summed E-state index contributed by atoms with van der Waals surface area (Å²) in [6, 6.07) is 1.36. The van der Waals surface area contributed by atoms with Crippen molar-refractivity contribution in [2.75, 3.05) is 14.1 Å². The van der Waals surface area contributed by atoms with E-state index >= 15 is 0 Å². The minimum atomic E-state index is -0.0499. The smallest absolute Gasteiger partial charge is 0.0543 e. The highest BCUT2D eigenvalue weighted by molar-refractivity contribution is 5.13. The van der Waals surface area contributed by atoms with Crippen LogP contribution < -0.4 is 10.6 Å². The van der Waals surface area contributed by atoms with E-state index in [1.807, 2.05) is 0 Å². The Kier molecular flexibility index (Phi) is 4.29. The lowest BCUT2D eigenvalue weighted by Gasteiger charge is -2.63. The van der Waals surface area contributed by atoms with E-state index in [-0.39, 0.29) is 6.10 Å². The van der Waals surface area contributed by atoms with E-state index in [0.29, 0.717) is 28.8 Å². The molecule has 0 amide bonds. The monoisotopic (exact) mass is 334 g/mol. The minimum Gasteiger partial charge on any atom is -0.393 e. The van der Waals surface area contributed by atoms with E-state index in [1.165, 1.54) is 38.5 Å². The van der Waals surface area contributed by atoms with E-state index < -0.39 is 0 Å². The summed E-state index contributed by atoms with van der Waals surface area (Å²) in [5.74, 6) is 3.28. The molecule has 4 saturated carbocycles. The first-order chi connectivity index (χ1) is 11.4. The molecular formula is C21H38N2O. The van der Waals surface area contributed by atoms with E-state index in [1.54, 1.807) is 0 Å². The van der Waals surface area contributed by atoms with Gasteiger partial charge in [0.05, 0.1) is 6.10 Å². The average molecular weight is 335 g/mol.